The van der Waals surface area contributed by atoms with Gasteiger partial charge in [0.05, 0.1) is 11.5 Å². The molecule has 2 heterocycles. The summed E-state index contributed by atoms with van der Waals surface area (Å²) < 4.78 is 22.7. The molecule has 0 aromatic carbocycles. The van der Waals surface area contributed by atoms with Crippen molar-refractivity contribution < 1.29 is 23.1 Å². The summed E-state index contributed by atoms with van der Waals surface area (Å²) in [5.41, 5.74) is 0. The van der Waals surface area contributed by atoms with E-state index in [0.717, 1.165) is 19.3 Å². The van der Waals surface area contributed by atoms with Gasteiger partial charge in [-0.3, -0.25) is 0 Å². The van der Waals surface area contributed by atoms with E-state index in [9.17, 15) is 23.1 Å². The largest absolute Gasteiger partial charge is 0.480 e. The molecule has 0 aromatic rings. The van der Waals surface area contributed by atoms with E-state index < -0.39 is 21.8 Å². The Morgan fingerprint density at radius 1 is 1.05 bits per heavy atom. The van der Waals surface area contributed by atoms with Gasteiger partial charge in [0.1, 0.15) is 15.9 Å². The Labute approximate surface area is 124 Å². The molecule has 21 heavy (non-hydrogen) atoms. The molecule has 2 aliphatic heterocycles. The second-order valence-corrected chi connectivity index (χ2v) is 8.08. The van der Waals surface area contributed by atoms with Crippen LogP contribution in [0, 0.1) is 0 Å². The third-order valence-electron chi connectivity index (χ3n) is 4.18. The van der Waals surface area contributed by atoms with Crippen LogP contribution in [0.25, 0.3) is 0 Å². The molecule has 1 atom stereocenters. The topological polar surface area (TPSA) is 104 Å². The average molecular weight is 318 g/mol. The Hall–Kier alpha value is -1.31. The third kappa shape index (κ3) is 4.33. The highest BCUT2D eigenvalue weighted by Gasteiger charge is 2.32. The summed E-state index contributed by atoms with van der Waals surface area (Å²) in [5.74, 6) is -0.807. The number of sulfone groups is 1. The summed E-state index contributed by atoms with van der Waals surface area (Å²) in [6.45, 7) is 0.438. The first-order valence-electron chi connectivity index (χ1n) is 7.39. The van der Waals surface area contributed by atoms with Crippen molar-refractivity contribution in [1.82, 2.24) is 10.2 Å². The zero-order valence-electron chi connectivity index (χ0n) is 12.0. The van der Waals surface area contributed by atoms with Gasteiger partial charge < -0.3 is 15.3 Å². The molecule has 7 nitrogen and oxygen atoms in total. The average Bonchev–Trinajstić information content (AvgIpc) is 2.66. The first kappa shape index (κ1) is 16.1. The van der Waals surface area contributed by atoms with Crippen LogP contribution >= 0.6 is 0 Å². The Morgan fingerprint density at radius 3 is 2.33 bits per heavy atom. The van der Waals surface area contributed by atoms with E-state index in [1.165, 1.54) is 4.90 Å². The number of nitrogens with zero attached hydrogens (tertiary/aromatic N) is 1. The highest BCUT2D eigenvalue weighted by atomic mass is 32.2. The van der Waals surface area contributed by atoms with E-state index in [-0.39, 0.29) is 23.6 Å². The number of carbonyl (C=O) groups excluding carboxylic acids is 1. The number of aliphatic carboxylic acids is 1. The Balaban J connectivity index is 1.96. The van der Waals surface area contributed by atoms with Gasteiger partial charge in [-0.15, -0.1) is 0 Å². The van der Waals surface area contributed by atoms with Gasteiger partial charge in [-0.05, 0) is 25.7 Å². The molecular formula is C13H22N2O5S. The Morgan fingerprint density at radius 2 is 1.71 bits per heavy atom. The second-order valence-electron chi connectivity index (χ2n) is 5.77. The smallest absolute Gasteiger partial charge is 0.326 e. The van der Waals surface area contributed by atoms with Crippen LogP contribution in [-0.2, 0) is 14.6 Å². The number of amides is 2. The van der Waals surface area contributed by atoms with E-state index in [1.807, 2.05) is 0 Å². The van der Waals surface area contributed by atoms with Gasteiger partial charge in [0.2, 0.25) is 0 Å². The molecular weight excluding hydrogens is 296 g/mol. The summed E-state index contributed by atoms with van der Waals surface area (Å²) in [6, 6.07) is -1.34. The zero-order chi connectivity index (χ0) is 15.5. The summed E-state index contributed by atoms with van der Waals surface area (Å²) >= 11 is 0. The first-order chi connectivity index (χ1) is 9.89. The number of hydrogen-bond donors (Lipinski definition) is 2. The zero-order valence-corrected chi connectivity index (χ0v) is 12.8. The van der Waals surface area contributed by atoms with Crippen LogP contribution in [0.2, 0.25) is 0 Å². The lowest BCUT2D eigenvalue weighted by Gasteiger charge is -2.30. The summed E-state index contributed by atoms with van der Waals surface area (Å²) in [5, 5.41) is 12.1. The molecule has 2 N–H and O–H groups in total. The lowest BCUT2D eigenvalue weighted by molar-refractivity contribution is -0.142. The van der Waals surface area contributed by atoms with Crippen molar-refractivity contribution in [3.8, 4) is 0 Å². The quantitative estimate of drug-likeness (QED) is 0.776. The number of rotatable bonds is 2. The fourth-order valence-corrected chi connectivity index (χ4v) is 4.39. The van der Waals surface area contributed by atoms with Crippen LogP contribution in [0.3, 0.4) is 0 Å². The van der Waals surface area contributed by atoms with Crippen molar-refractivity contribution in [2.45, 2.75) is 50.6 Å². The third-order valence-corrected chi connectivity index (χ3v) is 5.90. The molecule has 2 saturated heterocycles. The SMILES string of the molecule is O=C(O)C1CCCCCN1C(=O)NC1CCS(=O)(=O)CC1. The fourth-order valence-electron chi connectivity index (χ4n) is 2.90. The molecule has 2 amide bonds. The molecule has 0 bridgehead atoms. The lowest BCUT2D eigenvalue weighted by Crippen LogP contribution is -2.52. The van der Waals surface area contributed by atoms with Gasteiger partial charge >= 0.3 is 12.0 Å². The van der Waals surface area contributed by atoms with Gasteiger partial charge in [0.25, 0.3) is 0 Å². The minimum Gasteiger partial charge on any atom is -0.480 e. The number of hydrogen-bond acceptors (Lipinski definition) is 4. The van der Waals surface area contributed by atoms with Crippen molar-refractivity contribution in [2.24, 2.45) is 0 Å². The van der Waals surface area contributed by atoms with Gasteiger partial charge in [-0.2, -0.15) is 0 Å². The maximum atomic E-state index is 12.3. The van der Waals surface area contributed by atoms with Crippen molar-refractivity contribution >= 4 is 21.8 Å². The molecule has 120 valence electrons. The van der Waals surface area contributed by atoms with E-state index in [2.05, 4.69) is 5.32 Å². The Kier molecular flexibility index (Phi) is 5.08. The van der Waals surface area contributed by atoms with Crippen molar-refractivity contribution in [3.05, 3.63) is 0 Å². The molecule has 2 rings (SSSR count). The summed E-state index contributed by atoms with van der Waals surface area (Å²) in [6.07, 6.45) is 3.81. The van der Waals surface area contributed by atoms with Gasteiger partial charge in [0.15, 0.2) is 0 Å². The van der Waals surface area contributed by atoms with E-state index >= 15 is 0 Å². The number of nitrogens with one attached hydrogen (secondary N) is 1. The maximum absolute atomic E-state index is 12.3. The van der Waals surface area contributed by atoms with Gasteiger partial charge in [0, 0.05) is 12.6 Å². The van der Waals surface area contributed by atoms with Crippen molar-refractivity contribution in [3.63, 3.8) is 0 Å². The minimum atomic E-state index is -2.97. The number of likely N-dealkylation sites (tertiary alicyclic amines) is 1. The van der Waals surface area contributed by atoms with Crippen LogP contribution in [0.15, 0.2) is 0 Å². The van der Waals surface area contributed by atoms with Crippen molar-refractivity contribution in [1.29, 1.82) is 0 Å². The molecule has 0 aromatic heterocycles. The Bertz CT molecular complexity index is 491. The van der Waals surface area contributed by atoms with Crippen LogP contribution in [0.4, 0.5) is 4.79 Å². The van der Waals surface area contributed by atoms with E-state index in [0.29, 0.717) is 25.8 Å². The van der Waals surface area contributed by atoms with Crippen molar-refractivity contribution in [2.75, 3.05) is 18.1 Å². The molecule has 2 fully saturated rings. The molecule has 1 unspecified atom stereocenters. The maximum Gasteiger partial charge on any atom is 0.326 e. The van der Waals surface area contributed by atoms with E-state index in [1.54, 1.807) is 0 Å². The minimum absolute atomic E-state index is 0.0836. The molecule has 0 aliphatic carbocycles. The highest BCUT2D eigenvalue weighted by molar-refractivity contribution is 7.91. The molecule has 0 saturated carbocycles. The van der Waals surface area contributed by atoms with Gasteiger partial charge in [-0.1, -0.05) is 12.8 Å². The summed E-state index contributed by atoms with van der Waals surface area (Å²) in [7, 11) is -2.97. The number of carbonyl (C=O) groups is 2. The highest BCUT2D eigenvalue weighted by Crippen LogP contribution is 2.18. The fraction of sp³-hybridized carbons (Fsp3) is 0.846. The van der Waals surface area contributed by atoms with Crippen LogP contribution in [0.1, 0.15) is 38.5 Å². The number of urea groups is 1. The predicted molar refractivity (Wildman–Crippen MR) is 76.8 cm³/mol. The monoisotopic (exact) mass is 318 g/mol. The summed E-state index contributed by atoms with van der Waals surface area (Å²) in [4.78, 5) is 25.0. The molecule has 0 spiro atoms. The van der Waals surface area contributed by atoms with E-state index in [4.69, 9.17) is 0 Å². The normalized spacial score (nSPS) is 26.9. The first-order valence-corrected chi connectivity index (χ1v) is 9.21. The molecule has 0 radical (unpaired) electrons. The number of carboxylic acid groups (broad SMARTS) is 1. The predicted octanol–water partition coefficient (Wildman–Crippen LogP) is 0.602. The molecule has 2 aliphatic rings. The van der Waals surface area contributed by atoms with Crippen LogP contribution in [-0.4, -0.2) is 60.6 Å². The number of carboxylic acids is 1. The van der Waals surface area contributed by atoms with Crippen LogP contribution in [0.5, 0.6) is 0 Å². The lowest BCUT2D eigenvalue weighted by atomic mass is 10.1. The van der Waals surface area contributed by atoms with Gasteiger partial charge in [-0.25, -0.2) is 18.0 Å². The standard InChI is InChI=1S/C13H22N2O5S/c16-12(17)11-4-2-1-3-7-15(11)13(18)14-10-5-8-21(19,20)9-6-10/h10-11H,1-9H2,(H,14,18)(H,16,17). The molecule has 8 heteroatoms. The second kappa shape index (κ2) is 6.64. The van der Waals surface area contributed by atoms with Crippen LogP contribution < -0.4 is 5.32 Å².